The van der Waals surface area contributed by atoms with Crippen LogP contribution in [0.3, 0.4) is 0 Å². The van der Waals surface area contributed by atoms with Crippen molar-refractivity contribution in [1.82, 2.24) is 0 Å². The highest BCUT2D eigenvalue weighted by Crippen LogP contribution is 2.22. The smallest absolute Gasteiger partial charge is 0.277 e. The van der Waals surface area contributed by atoms with E-state index in [0.29, 0.717) is 0 Å². The molecule has 5 heteroatoms. The van der Waals surface area contributed by atoms with E-state index in [0.717, 1.165) is 0 Å². The van der Waals surface area contributed by atoms with Crippen molar-refractivity contribution in [2.45, 2.75) is 18.8 Å². The molecule has 1 saturated heterocycles. The topological polar surface area (TPSA) is 81.5 Å². The lowest BCUT2D eigenvalue weighted by atomic mass is 10.3. The van der Waals surface area contributed by atoms with E-state index in [-0.39, 0.29) is 6.61 Å². The van der Waals surface area contributed by atoms with Gasteiger partial charge in [-0.3, -0.25) is 4.79 Å². The van der Waals surface area contributed by atoms with Gasteiger partial charge < -0.3 is 15.2 Å². The van der Waals surface area contributed by atoms with Crippen molar-refractivity contribution >= 4 is 5.91 Å². The fourth-order valence-electron chi connectivity index (χ4n) is 0.849. The van der Waals surface area contributed by atoms with Crippen LogP contribution in [0.15, 0.2) is 0 Å². The number of nitrogens with two attached hydrogens (primary N) is 1. The molecule has 0 spiro atoms. The first kappa shape index (κ1) is 8.45. The Balaban J connectivity index is 2.57. The first-order chi connectivity index (χ1) is 5.08. The molecule has 1 amide bonds. The van der Waals surface area contributed by atoms with Gasteiger partial charge in [0.2, 0.25) is 5.79 Å². The molecule has 63 valence electrons. The van der Waals surface area contributed by atoms with Crippen LogP contribution >= 0.6 is 0 Å². The molecule has 0 aromatic heterocycles. The summed E-state index contributed by atoms with van der Waals surface area (Å²) >= 11 is 0. The predicted octanol–water partition coefficient (Wildman–Crippen LogP) is -0.966. The van der Waals surface area contributed by atoms with E-state index in [4.69, 9.17) is 15.2 Å². The second kappa shape index (κ2) is 2.77. The summed E-state index contributed by atoms with van der Waals surface area (Å²) in [5.74, 6) is -2.09. The van der Waals surface area contributed by atoms with Crippen LogP contribution in [-0.2, 0) is 19.4 Å². The van der Waals surface area contributed by atoms with E-state index in [1.807, 2.05) is 0 Å². The number of hydrogen-bond donors (Lipinski definition) is 1. The Labute approximate surface area is 64.1 Å². The van der Waals surface area contributed by atoms with Gasteiger partial charge in [-0.1, -0.05) is 0 Å². The summed E-state index contributed by atoms with van der Waals surface area (Å²) in [7, 11) is 0. The van der Waals surface area contributed by atoms with E-state index < -0.39 is 24.4 Å². The number of hydrogen-bond acceptors (Lipinski definition) is 3. The highest BCUT2D eigenvalue weighted by atomic mass is 16.8. The largest absolute Gasteiger partial charge is 0.365 e. The molecule has 1 fully saturated rings. The van der Waals surface area contributed by atoms with Gasteiger partial charge in [-0.15, -0.1) is 0 Å². The van der Waals surface area contributed by atoms with Crippen molar-refractivity contribution in [2.75, 3.05) is 13.2 Å². The number of amides is 1. The van der Waals surface area contributed by atoms with E-state index in [1.165, 1.54) is 6.92 Å². The van der Waals surface area contributed by atoms with Gasteiger partial charge in [0.05, 0.1) is 6.61 Å². The lowest BCUT2D eigenvalue weighted by Gasteiger charge is -2.17. The standard InChI is InChI=1S/C6H10NO4/c1-6(5(7)9)10-3-4(2-8)11-6/h4H,2-3H2,1H3,(H2,7,9)/t4-,6?/m1/s1. The van der Waals surface area contributed by atoms with Crippen molar-refractivity contribution in [1.29, 1.82) is 0 Å². The number of primary amides is 1. The Morgan fingerprint density at radius 2 is 2.45 bits per heavy atom. The van der Waals surface area contributed by atoms with E-state index in [2.05, 4.69) is 0 Å². The van der Waals surface area contributed by atoms with Crippen LogP contribution < -0.4 is 5.73 Å². The molecule has 2 atom stereocenters. The molecule has 0 bridgehead atoms. The summed E-state index contributed by atoms with van der Waals surface area (Å²) in [5, 5.41) is 10.3. The third-order valence-electron chi connectivity index (χ3n) is 1.57. The molecule has 0 saturated carbocycles. The van der Waals surface area contributed by atoms with Gasteiger partial charge in [0.1, 0.15) is 12.7 Å². The van der Waals surface area contributed by atoms with Crippen molar-refractivity contribution in [3.63, 3.8) is 0 Å². The summed E-state index contributed by atoms with van der Waals surface area (Å²) in [6, 6.07) is 0. The molecular weight excluding hydrogens is 150 g/mol. The van der Waals surface area contributed by atoms with Crippen LogP contribution in [0.4, 0.5) is 0 Å². The third kappa shape index (κ3) is 1.50. The number of ether oxygens (including phenoxy) is 2. The van der Waals surface area contributed by atoms with E-state index >= 15 is 0 Å². The van der Waals surface area contributed by atoms with Crippen LogP contribution in [0.25, 0.3) is 0 Å². The van der Waals surface area contributed by atoms with Gasteiger partial charge >= 0.3 is 0 Å². The molecule has 1 aliphatic rings. The first-order valence-electron chi connectivity index (χ1n) is 3.28. The SMILES string of the molecule is CC1(C(N)=O)OC[C@@H](C[O])O1. The Bertz CT molecular complexity index is 172. The maximum atomic E-state index is 10.7. The van der Waals surface area contributed by atoms with Gasteiger partial charge in [0.15, 0.2) is 0 Å². The molecule has 5 nitrogen and oxygen atoms in total. The highest BCUT2D eigenvalue weighted by molar-refractivity contribution is 5.81. The first-order valence-corrected chi connectivity index (χ1v) is 3.28. The monoisotopic (exact) mass is 160 g/mol. The molecule has 0 aliphatic carbocycles. The van der Waals surface area contributed by atoms with Gasteiger partial charge in [-0.25, -0.2) is 5.11 Å². The average Bonchev–Trinajstić information content (AvgIpc) is 2.33. The quantitative estimate of drug-likeness (QED) is 0.564. The molecule has 1 rings (SSSR count). The maximum absolute atomic E-state index is 10.7. The summed E-state index contributed by atoms with van der Waals surface area (Å²) in [4.78, 5) is 10.7. The zero-order valence-corrected chi connectivity index (χ0v) is 6.20. The number of carbonyl (C=O) groups excluding carboxylic acids is 1. The van der Waals surface area contributed by atoms with Gasteiger partial charge in [0.25, 0.3) is 5.91 Å². The Morgan fingerprint density at radius 1 is 1.82 bits per heavy atom. The van der Waals surface area contributed by atoms with Gasteiger partial charge in [-0.2, -0.15) is 0 Å². The summed E-state index contributed by atoms with van der Waals surface area (Å²) in [6.07, 6.45) is -0.549. The molecule has 1 radical (unpaired) electrons. The Morgan fingerprint density at radius 3 is 2.73 bits per heavy atom. The Kier molecular flexibility index (Phi) is 2.12. The normalized spacial score (nSPS) is 37.5. The van der Waals surface area contributed by atoms with Crippen LogP contribution in [0.2, 0.25) is 0 Å². The summed E-state index contributed by atoms with van der Waals surface area (Å²) < 4.78 is 9.86. The molecule has 1 heterocycles. The molecule has 0 aromatic rings. The number of carbonyl (C=O) groups is 1. The minimum absolute atomic E-state index is 0.142. The molecular formula is C6H10NO4. The van der Waals surface area contributed by atoms with E-state index in [9.17, 15) is 9.90 Å². The van der Waals surface area contributed by atoms with Crippen LogP contribution in [-0.4, -0.2) is 31.0 Å². The lowest BCUT2D eigenvalue weighted by molar-refractivity contribution is -0.179. The molecule has 0 aromatic carbocycles. The van der Waals surface area contributed by atoms with E-state index in [1.54, 1.807) is 0 Å². The fraction of sp³-hybridized carbons (Fsp3) is 0.833. The van der Waals surface area contributed by atoms with Crippen molar-refractivity contribution in [3.05, 3.63) is 0 Å². The summed E-state index contributed by atoms with van der Waals surface area (Å²) in [5.41, 5.74) is 4.96. The molecule has 1 unspecified atom stereocenters. The Hall–Kier alpha value is -0.650. The summed E-state index contributed by atoms with van der Waals surface area (Å²) in [6.45, 7) is 1.14. The molecule has 11 heavy (non-hydrogen) atoms. The fourth-order valence-corrected chi connectivity index (χ4v) is 0.849. The van der Waals surface area contributed by atoms with Crippen molar-refractivity contribution in [2.24, 2.45) is 5.73 Å². The second-order valence-electron chi connectivity index (χ2n) is 2.53. The zero-order valence-electron chi connectivity index (χ0n) is 6.20. The zero-order chi connectivity index (χ0) is 8.48. The third-order valence-corrected chi connectivity index (χ3v) is 1.57. The number of rotatable bonds is 2. The van der Waals surface area contributed by atoms with Crippen LogP contribution in [0, 0.1) is 0 Å². The van der Waals surface area contributed by atoms with Gasteiger partial charge in [-0.05, 0) is 6.92 Å². The van der Waals surface area contributed by atoms with Gasteiger partial charge in [0, 0.05) is 0 Å². The minimum Gasteiger partial charge on any atom is -0.365 e. The predicted molar refractivity (Wildman–Crippen MR) is 34.0 cm³/mol. The lowest BCUT2D eigenvalue weighted by Crippen LogP contribution is -2.42. The molecule has 1 aliphatic heterocycles. The average molecular weight is 160 g/mol. The van der Waals surface area contributed by atoms with Crippen molar-refractivity contribution in [3.8, 4) is 0 Å². The highest BCUT2D eigenvalue weighted by Gasteiger charge is 2.42. The second-order valence-corrected chi connectivity index (χ2v) is 2.53. The van der Waals surface area contributed by atoms with Crippen LogP contribution in [0.5, 0.6) is 0 Å². The molecule has 2 N–H and O–H groups in total. The minimum atomic E-state index is -1.39. The van der Waals surface area contributed by atoms with Crippen LogP contribution in [0.1, 0.15) is 6.92 Å². The maximum Gasteiger partial charge on any atom is 0.277 e. The van der Waals surface area contributed by atoms with Crippen molar-refractivity contribution < 1.29 is 19.4 Å².